The molecule has 28 heavy (non-hydrogen) atoms. The van der Waals surface area contributed by atoms with Gasteiger partial charge in [0.1, 0.15) is 11.6 Å². The summed E-state index contributed by atoms with van der Waals surface area (Å²) in [5, 5.41) is 11.1. The normalized spacial score (nSPS) is 10.4. The van der Waals surface area contributed by atoms with Crippen LogP contribution in [0.25, 0.3) is 0 Å². The van der Waals surface area contributed by atoms with E-state index in [1.165, 1.54) is 24.3 Å². The number of nitrogens with one attached hydrogen (secondary N) is 2. The first kappa shape index (κ1) is 19.1. The van der Waals surface area contributed by atoms with E-state index >= 15 is 0 Å². The number of ether oxygens (including phenoxy) is 1. The smallest absolute Gasteiger partial charge is 0.251 e. The number of benzene rings is 3. The lowest BCUT2D eigenvalue weighted by Crippen LogP contribution is -2.23. The Hall–Kier alpha value is -3.67. The highest BCUT2D eigenvalue weighted by Gasteiger charge is 2.13. The average Bonchev–Trinajstić information content (AvgIpc) is 2.71. The second-order valence-corrected chi connectivity index (χ2v) is 6.22. The van der Waals surface area contributed by atoms with Crippen LogP contribution in [0, 0.1) is 11.2 Å². The molecule has 0 bridgehead atoms. The number of hydrogen-bond donors (Lipinski definition) is 3. The van der Waals surface area contributed by atoms with Gasteiger partial charge in [0.05, 0.1) is 12.8 Å². The molecule has 3 rings (SSSR count). The zero-order chi connectivity index (χ0) is 20.1. The van der Waals surface area contributed by atoms with Crippen LogP contribution in [0.1, 0.15) is 27.0 Å². The van der Waals surface area contributed by atoms with E-state index in [0.717, 1.165) is 11.3 Å². The van der Waals surface area contributed by atoms with Crippen LogP contribution in [-0.4, -0.2) is 18.7 Å². The van der Waals surface area contributed by atoms with Crippen molar-refractivity contribution in [2.75, 3.05) is 12.8 Å². The lowest BCUT2D eigenvalue weighted by Gasteiger charge is -2.11. The molecule has 0 fully saturated rings. The maximum absolute atomic E-state index is 13.4. The monoisotopic (exact) mass is 377 g/mol. The predicted octanol–water partition coefficient (Wildman–Crippen LogP) is 3.76. The molecule has 0 aliphatic carbocycles. The van der Waals surface area contributed by atoms with Crippen LogP contribution < -0.4 is 15.8 Å². The fourth-order valence-corrected chi connectivity index (χ4v) is 2.80. The molecule has 1 amide bonds. The van der Waals surface area contributed by atoms with Crippen molar-refractivity contribution in [3.05, 3.63) is 94.8 Å². The Morgan fingerprint density at radius 1 is 1.07 bits per heavy atom. The van der Waals surface area contributed by atoms with E-state index in [2.05, 4.69) is 5.32 Å². The molecule has 0 atom stereocenters. The van der Waals surface area contributed by atoms with Crippen molar-refractivity contribution in [3.63, 3.8) is 0 Å². The van der Waals surface area contributed by atoms with Crippen molar-refractivity contribution in [1.82, 2.24) is 5.32 Å². The molecule has 5 nitrogen and oxygen atoms in total. The fraction of sp³-hybridized carbons (Fsp3) is 0.0909. The quantitative estimate of drug-likeness (QED) is 0.451. The second kappa shape index (κ2) is 8.35. The summed E-state index contributed by atoms with van der Waals surface area (Å²) >= 11 is 0. The zero-order valence-electron chi connectivity index (χ0n) is 15.3. The predicted molar refractivity (Wildman–Crippen MR) is 107 cm³/mol. The lowest BCUT2D eigenvalue weighted by atomic mass is 9.99. The topological polar surface area (TPSA) is 88.2 Å². The molecule has 3 aromatic rings. The molecule has 6 heteroatoms. The number of carbonyl (C=O) groups excluding carboxylic acids is 1. The molecule has 0 radical (unpaired) electrons. The van der Waals surface area contributed by atoms with Gasteiger partial charge in [-0.25, -0.2) is 4.39 Å². The number of halogens is 1. The Balaban J connectivity index is 1.72. The minimum atomic E-state index is -0.422. The van der Waals surface area contributed by atoms with Gasteiger partial charge in [0.2, 0.25) is 0 Å². The number of amides is 1. The van der Waals surface area contributed by atoms with Crippen molar-refractivity contribution >= 4 is 17.3 Å². The summed E-state index contributed by atoms with van der Waals surface area (Å²) in [4.78, 5) is 12.4. The minimum absolute atomic E-state index is 0.0975. The molecule has 3 aromatic carbocycles. The van der Waals surface area contributed by atoms with Crippen LogP contribution in [-0.2, 0) is 6.54 Å². The minimum Gasteiger partial charge on any atom is -0.497 e. The average molecular weight is 377 g/mol. The molecule has 0 aromatic heterocycles. The standard InChI is InChI=1S/C22H20FN3O2/c1-28-18-7-2-4-14(10-18)13-26-22(27)16-8-9-19(20(24)12-16)21(25)15-5-3-6-17(23)11-15/h2-12,25H,13,24H2,1H3,(H,26,27). The third kappa shape index (κ3) is 4.35. The Labute approximate surface area is 162 Å². The maximum atomic E-state index is 13.4. The van der Waals surface area contributed by atoms with Crippen LogP contribution >= 0.6 is 0 Å². The third-order valence-corrected chi connectivity index (χ3v) is 4.28. The van der Waals surface area contributed by atoms with Crippen LogP contribution in [0.3, 0.4) is 0 Å². The Morgan fingerprint density at radius 2 is 1.86 bits per heavy atom. The summed E-state index contributed by atoms with van der Waals surface area (Å²) in [5.41, 5.74) is 8.58. The molecule has 142 valence electrons. The summed E-state index contributed by atoms with van der Waals surface area (Å²) < 4.78 is 18.6. The van der Waals surface area contributed by atoms with E-state index < -0.39 is 5.82 Å². The van der Waals surface area contributed by atoms with Crippen LogP contribution in [0.4, 0.5) is 10.1 Å². The molecule has 0 unspecified atom stereocenters. The second-order valence-electron chi connectivity index (χ2n) is 6.22. The van der Waals surface area contributed by atoms with E-state index in [9.17, 15) is 9.18 Å². The van der Waals surface area contributed by atoms with E-state index in [1.807, 2.05) is 24.3 Å². The van der Waals surface area contributed by atoms with Gasteiger partial charge >= 0.3 is 0 Å². The van der Waals surface area contributed by atoms with Crippen LogP contribution in [0.15, 0.2) is 66.7 Å². The highest BCUT2D eigenvalue weighted by atomic mass is 19.1. The van der Waals surface area contributed by atoms with E-state index in [0.29, 0.717) is 23.2 Å². The number of nitrogens with two attached hydrogens (primary N) is 1. The number of anilines is 1. The molecule has 0 heterocycles. The summed E-state index contributed by atoms with van der Waals surface area (Å²) in [5.74, 6) is 0.0175. The molecule has 0 saturated carbocycles. The Kier molecular flexibility index (Phi) is 5.69. The fourth-order valence-electron chi connectivity index (χ4n) is 2.80. The van der Waals surface area contributed by atoms with Crippen molar-refractivity contribution in [2.45, 2.75) is 6.54 Å². The molecule has 0 aliphatic heterocycles. The van der Waals surface area contributed by atoms with E-state index in [1.54, 1.807) is 25.3 Å². The SMILES string of the molecule is COc1cccc(CNC(=O)c2ccc(C(=N)c3cccc(F)c3)c(N)c2)c1. The molecule has 4 N–H and O–H groups in total. The molecule has 0 saturated heterocycles. The van der Waals surface area contributed by atoms with Gasteiger partial charge in [0, 0.05) is 28.9 Å². The van der Waals surface area contributed by atoms with Gasteiger partial charge in [-0.05, 0) is 48.0 Å². The highest BCUT2D eigenvalue weighted by Crippen LogP contribution is 2.19. The summed E-state index contributed by atoms with van der Waals surface area (Å²) in [6, 6.07) is 17.9. The first-order valence-corrected chi connectivity index (χ1v) is 8.63. The van der Waals surface area contributed by atoms with E-state index in [4.69, 9.17) is 15.9 Å². The molecule has 0 spiro atoms. The molecular formula is C22H20FN3O2. The van der Waals surface area contributed by atoms with Crippen LogP contribution in [0.5, 0.6) is 5.75 Å². The van der Waals surface area contributed by atoms with Gasteiger partial charge in [-0.3, -0.25) is 10.2 Å². The first-order chi connectivity index (χ1) is 13.5. The zero-order valence-corrected chi connectivity index (χ0v) is 15.3. The summed E-state index contributed by atoms with van der Waals surface area (Å²) in [6.45, 7) is 0.344. The third-order valence-electron chi connectivity index (χ3n) is 4.28. The van der Waals surface area contributed by atoms with Gasteiger partial charge in [0.15, 0.2) is 0 Å². The number of carbonyl (C=O) groups is 1. The van der Waals surface area contributed by atoms with E-state index in [-0.39, 0.29) is 17.3 Å². The van der Waals surface area contributed by atoms with Gasteiger partial charge in [-0.2, -0.15) is 0 Å². The van der Waals surface area contributed by atoms with Crippen LogP contribution in [0.2, 0.25) is 0 Å². The first-order valence-electron chi connectivity index (χ1n) is 8.63. The van der Waals surface area contributed by atoms with Crippen molar-refractivity contribution < 1.29 is 13.9 Å². The maximum Gasteiger partial charge on any atom is 0.251 e. The molecular weight excluding hydrogens is 357 g/mol. The van der Waals surface area contributed by atoms with Gasteiger partial charge in [-0.1, -0.05) is 24.3 Å². The van der Waals surface area contributed by atoms with Crippen molar-refractivity contribution in [2.24, 2.45) is 0 Å². The Bertz CT molecular complexity index is 1030. The van der Waals surface area contributed by atoms with Gasteiger partial charge < -0.3 is 15.8 Å². The summed E-state index contributed by atoms with van der Waals surface area (Å²) in [7, 11) is 1.59. The number of nitrogen functional groups attached to an aromatic ring is 1. The van der Waals surface area contributed by atoms with Gasteiger partial charge in [0.25, 0.3) is 5.91 Å². The Morgan fingerprint density at radius 3 is 2.57 bits per heavy atom. The summed E-state index contributed by atoms with van der Waals surface area (Å²) in [6.07, 6.45) is 0. The number of methoxy groups -OCH3 is 1. The highest BCUT2D eigenvalue weighted by molar-refractivity contribution is 6.14. The largest absolute Gasteiger partial charge is 0.497 e. The molecule has 0 aliphatic rings. The lowest BCUT2D eigenvalue weighted by molar-refractivity contribution is 0.0951. The number of hydrogen-bond acceptors (Lipinski definition) is 4. The van der Waals surface area contributed by atoms with Crippen molar-refractivity contribution in [1.29, 1.82) is 5.41 Å². The number of rotatable bonds is 6. The van der Waals surface area contributed by atoms with Crippen molar-refractivity contribution in [3.8, 4) is 5.75 Å². The van der Waals surface area contributed by atoms with Gasteiger partial charge in [-0.15, -0.1) is 0 Å².